The van der Waals surface area contributed by atoms with Crippen molar-refractivity contribution >= 4 is 39.1 Å². The van der Waals surface area contributed by atoms with E-state index in [9.17, 15) is 9.59 Å². The van der Waals surface area contributed by atoms with Crippen LogP contribution in [0.2, 0.25) is 5.02 Å². The topological polar surface area (TPSA) is 61.2 Å². The van der Waals surface area contributed by atoms with Crippen molar-refractivity contribution in [3.8, 4) is 11.1 Å². The molecule has 0 spiro atoms. The summed E-state index contributed by atoms with van der Waals surface area (Å²) in [7, 11) is 1.31. The third-order valence-electron chi connectivity index (χ3n) is 4.76. The molecule has 7 heteroatoms. The maximum atomic E-state index is 13.5. The Kier molecular flexibility index (Phi) is 5.22. The number of carbonyl (C=O) groups is 1. The van der Waals surface area contributed by atoms with Crippen LogP contribution in [-0.2, 0) is 9.53 Å². The van der Waals surface area contributed by atoms with Gasteiger partial charge in [0, 0.05) is 15.5 Å². The summed E-state index contributed by atoms with van der Waals surface area (Å²) in [4.78, 5) is 32.2. The fourth-order valence-corrected chi connectivity index (χ4v) is 4.55. The van der Waals surface area contributed by atoms with Crippen molar-refractivity contribution in [2.45, 2.75) is 13.0 Å². The minimum Gasteiger partial charge on any atom is -0.467 e. The van der Waals surface area contributed by atoms with Crippen LogP contribution in [0.15, 0.2) is 65.7 Å². The maximum Gasteiger partial charge on any atom is 0.333 e. The lowest BCUT2D eigenvalue weighted by molar-refractivity contribution is -0.143. The van der Waals surface area contributed by atoms with Crippen LogP contribution in [-0.4, -0.2) is 22.6 Å². The number of ether oxygens (including phenoxy) is 1. The molecule has 0 saturated carbocycles. The molecule has 0 radical (unpaired) electrons. The Balaban J connectivity index is 1.98. The van der Waals surface area contributed by atoms with Gasteiger partial charge in [0.15, 0.2) is 6.04 Å². The second-order valence-electron chi connectivity index (χ2n) is 6.51. The summed E-state index contributed by atoms with van der Waals surface area (Å²) in [6.07, 6.45) is 1.42. The molecule has 5 nitrogen and oxygen atoms in total. The van der Waals surface area contributed by atoms with Crippen molar-refractivity contribution in [2.24, 2.45) is 0 Å². The number of aromatic nitrogens is 2. The highest BCUT2D eigenvalue weighted by Crippen LogP contribution is 2.36. The molecule has 4 aromatic rings. The van der Waals surface area contributed by atoms with Crippen molar-refractivity contribution < 1.29 is 9.53 Å². The Labute approximate surface area is 176 Å². The van der Waals surface area contributed by atoms with E-state index in [1.165, 1.54) is 29.3 Å². The number of hydrogen-bond donors (Lipinski definition) is 0. The molecule has 2 aromatic carbocycles. The third-order valence-corrected chi connectivity index (χ3v) is 6.03. The van der Waals surface area contributed by atoms with E-state index in [1.54, 1.807) is 24.3 Å². The number of halogens is 1. The van der Waals surface area contributed by atoms with Crippen molar-refractivity contribution in [3.05, 3.63) is 86.7 Å². The van der Waals surface area contributed by atoms with Gasteiger partial charge in [0.05, 0.1) is 12.5 Å². The van der Waals surface area contributed by atoms with Crippen LogP contribution in [0.3, 0.4) is 0 Å². The number of esters is 1. The maximum absolute atomic E-state index is 13.5. The van der Waals surface area contributed by atoms with Gasteiger partial charge >= 0.3 is 5.97 Å². The molecule has 4 rings (SSSR count). The Morgan fingerprint density at radius 3 is 2.48 bits per heavy atom. The van der Waals surface area contributed by atoms with E-state index in [2.05, 4.69) is 4.98 Å². The number of aryl methyl sites for hydroxylation is 1. The molecule has 0 aliphatic rings. The molecule has 2 heterocycles. The van der Waals surface area contributed by atoms with E-state index in [0.717, 1.165) is 16.0 Å². The van der Waals surface area contributed by atoms with E-state index in [0.29, 0.717) is 20.8 Å². The highest BCUT2D eigenvalue weighted by Gasteiger charge is 2.27. The zero-order valence-electron chi connectivity index (χ0n) is 15.8. The molecule has 0 bridgehead atoms. The number of nitrogens with zero attached hydrogens (tertiary/aromatic N) is 2. The van der Waals surface area contributed by atoms with Crippen molar-refractivity contribution in [2.75, 3.05) is 7.11 Å². The smallest absolute Gasteiger partial charge is 0.333 e. The second-order valence-corrected chi connectivity index (χ2v) is 8.15. The zero-order valence-corrected chi connectivity index (χ0v) is 17.3. The van der Waals surface area contributed by atoms with Crippen molar-refractivity contribution in [3.63, 3.8) is 0 Å². The fourth-order valence-electron chi connectivity index (χ4n) is 3.42. The molecular weight excluding hydrogens is 408 g/mol. The highest BCUT2D eigenvalue weighted by atomic mass is 35.5. The summed E-state index contributed by atoms with van der Waals surface area (Å²) >= 11 is 7.47. The summed E-state index contributed by atoms with van der Waals surface area (Å²) in [6, 6.07) is 15.5. The lowest BCUT2D eigenvalue weighted by Crippen LogP contribution is -2.31. The third kappa shape index (κ3) is 3.45. The van der Waals surface area contributed by atoms with E-state index in [4.69, 9.17) is 16.3 Å². The number of methoxy groups -OCH3 is 1. The average molecular weight is 425 g/mol. The first kappa shape index (κ1) is 19.4. The molecule has 0 aliphatic carbocycles. The lowest BCUT2D eigenvalue weighted by Gasteiger charge is -2.17. The number of rotatable bonds is 4. The molecule has 29 heavy (non-hydrogen) atoms. The molecule has 0 amide bonds. The Morgan fingerprint density at radius 1 is 1.14 bits per heavy atom. The van der Waals surface area contributed by atoms with Gasteiger partial charge in [-0.25, -0.2) is 9.78 Å². The SMILES string of the molecule is COC(=O)C(c1ccccc1)n1cnc2sc(C)c(-c3ccc(Cl)cc3)c2c1=O. The Morgan fingerprint density at radius 2 is 1.83 bits per heavy atom. The molecule has 1 atom stereocenters. The number of thiophene rings is 1. The van der Waals surface area contributed by atoms with Gasteiger partial charge in [-0.2, -0.15) is 0 Å². The molecular formula is C22H17ClN2O3S. The molecule has 2 aromatic heterocycles. The van der Waals surface area contributed by atoms with Gasteiger partial charge in [0.1, 0.15) is 11.2 Å². The number of carbonyl (C=O) groups excluding carboxylic acids is 1. The van der Waals surface area contributed by atoms with E-state index in [1.807, 2.05) is 37.3 Å². The van der Waals surface area contributed by atoms with Crippen LogP contribution in [0.25, 0.3) is 21.3 Å². The van der Waals surface area contributed by atoms with Crippen LogP contribution < -0.4 is 5.56 Å². The minimum absolute atomic E-state index is 0.288. The predicted molar refractivity (Wildman–Crippen MR) is 116 cm³/mol. The van der Waals surface area contributed by atoms with Crippen molar-refractivity contribution in [1.29, 1.82) is 0 Å². The van der Waals surface area contributed by atoms with Gasteiger partial charge in [-0.15, -0.1) is 11.3 Å². The lowest BCUT2D eigenvalue weighted by atomic mass is 10.0. The van der Waals surface area contributed by atoms with E-state index >= 15 is 0 Å². The summed E-state index contributed by atoms with van der Waals surface area (Å²) in [5.74, 6) is -0.528. The van der Waals surface area contributed by atoms with Crippen molar-refractivity contribution in [1.82, 2.24) is 9.55 Å². The van der Waals surface area contributed by atoms with Crippen LogP contribution >= 0.6 is 22.9 Å². The zero-order chi connectivity index (χ0) is 20.5. The monoisotopic (exact) mass is 424 g/mol. The second kappa shape index (κ2) is 7.81. The number of hydrogen-bond acceptors (Lipinski definition) is 5. The number of benzene rings is 2. The largest absolute Gasteiger partial charge is 0.467 e. The molecule has 146 valence electrons. The molecule has 0 fully saturated rings. The standard InChI is InChI=1S/C22H17ClN2O3S/c1-13-17(14-8-10-16(23)11-9-14)18-20(29-13)24-12-25(21(18)26)19(22(27)28-2)15-6-4-3-5-7-15/h3-12,19H,1-2H3. The quantitative estimate of drug-likeness (QED) is 0.439. The number of fused-ring (bicyclic) bond motifs is 1. The van der Waals surface area contributed by atoms with Gasteiger partial charge in [0.2, 0.25) is 0 Å². The Hall–Kier alpha value is -2.96. The first-order chi connectivity index (χ1) is 14.0. The van der Waals surface area contributed by atoms with Gasteiger partial charge in [-0.1, -0.05) is 54.1 Å². The van der Waals surface area contributed by atoms with Crippen LogP contribution in [0, 0.1) is 6.92 Å². The average Bonchev–Trinajstić information content (AvgIpc) is 3.08. The molecule has 0 aliphatic heterocycles. The minimum atomic E-state index is -0.913. The van der Waals surface area contributed by atoms with Gasteiger partial charge in [-0.05, 0) is 30.2 Å². The summed E-state index contributed by atoms with van der Waals surface area (Å²) < 4.78 is 6.33. The van der Waals surface area contributed by atoms with Crippen LogP contribution in [0.4, 0.5) is 0 Å². The molecule has 0 saturated heterocycles. The summed E-state index contributed by atoms with van der Waals surface area (Å²) in [5.41, 5.74) is 2.06. The first-order valence-electron chi connectivity index (χ1n) is 8.90. The van der Waals surface area contributed by atoms with Crippen LogP contribution in [0.1, 0.15) is 16.5 Å². The van der Waals surface area contributed by atoms with Crippen LogP contribution in [0.5, 0.6) is 0 Å². The first-order valence-corrected chi connectivity index (χ1v) is 10.1. The summed E-state index contributed by atoms with van der Waals surface area (Å²) in [6.45, 7) is 1.95. The van der Waals surface area contributed by atoms with Gasteiger partial charge in [-0.3, -0.25) is 9.36 Å². The van der Waals surface area contributed by atoms with Gasteiger partial charge in [0.25, 0.3) is 5.56 Å². The van der Waals surface area contributed by atoms with E-state index < -0.39 is 12.0 Å². The predicted octanol–water partition coefficient (Wildman–Crippen LogP) is 4.85. The Bertz CT molecular complexity index is 1250. The van der Waals surface area contributed by atoms with Gasteiger partial charge < -0.3 is 4.74 Å². The normalized spacial score (nSPS) is 12.1. The molecule has 1 unspecified atom stereocenters. The molecule has 0 N–H and O–H groups in total. The van der Waals surface area contributed by atoms with E-state index in [-0.39, 0.29) is 5.56 Å². The fraction of sp³-hybridized carbons (Fsp3) is 0.136. The highest BCUT2D eigenvalue weighted by molar-refractivity contribution is 7.19. The summed E-state index contributed by atoms with van der Waals surface area (Å²) in [5, 5.41) is 1.11.